The van der Waals surface area contributed by atoms with Crippen LogP contribution in [-0.2, 0) is 6.42 Å². The summed E-state index contributed by atoms with van der Waals surface area (Å²) in [6.07, 6.45) is 7.36. The predicted molar refractivity (Wildman–Crippen MR) is 135 cm³/mol. The Morgan fingerprint density at radius 1 is 0.969 bits per heavy atom. The van der Waals surface area contributed by atoms with Crippen LogP contribution < -0.4 is 16.4 Å². The lowest BCUT2D eigenvalue weighted by atomic mass is 9.91. The maximum atomic E-state index is 5.59. The number of nitrogen functional groups attached to an aromatic ring is 2. The molecule has 1 aliphatic heterocycles. The third-order valence-corrected chi connectivity index (χ3v) is 5.64. The topological polar surface area (TPSA) is 96.8 Å². The van der Waals surface area contributed by atoms with E-state index in [0.29, 0.717) is 22.5 Å². The minimum Gasteiger partial charge on any atom is -0.397 e. The molecule has 0 spiro atoms. The van der Waals surface area contributed by atoms with Gasteiger partial charge in [0, 0.05) is 28.8 Å². The molecule has 5 rings (SSSR count). The van der Waals surface area contributed by atoms with Gasteiger partial charge in [-0.1, -0.05) is 56.8 Å². The monoisotopic (exact) mass is 424 g/mol. The summed E-state index contributed by atoms with van der Waals surface area (Å²) in [5.41, 5.74) is 19.9. The molecule has 0 unspecified atom stereocenters. The zero-order valence-electron chi connectivity index (χ0n) is 18.5. The summed E-state index contributed by atoms with van der Waals surface area (Å²) >= 11 is 0. The number of benzene rings is 2. The molecule has 0 saturated carbocycles. The van der Waals surface area contributed by atoms with E-state index in [-0.39, 0.29) is 0 Å². The van der Waals surface area contributed by atoms with Crippen molar-refractivity contribution in [2.24, 2.45) is 0 Å². The van der Waals surface area contributed by atoms with Crippen LogP contribution in [0.1, 0.15) is 37.0 Å². The lowest BCUT2D eigenvalue weighted by Gasteiger charge is -2.34. The van der Waals surface area contributed by atoms with Crippen molar-refractivity contribution < 1.29 is 0 Å². The highest BCUT2D eigenvalue weighted by atomic mass is 15.2. The zero-order valence-corrected chi connectivity index (χ0v) is 18.5. The van der Waals surface area contributed by atoms with Gasteiger partial charge in [0.2, 0.25) is 0 Å². The first kappa shape index (κ1) is 21.2. The van der Waals surface area contributed by atoms with Gasteiger partial charge in [0.1, 0.15) is 17.8 Å². The Morgan fingerprint density at radius 3 is 2.44 bits per heavy atom. The lowest BCUT2D eigenvalue weighted by molar-refractivity contribution is 1.01. The lowest BCUT2D eigenvalue weighted by Crippen LogP contribution is -2.24. The molecule has 0 atom stereocenters. The molecule has 6 nitrogen and oxygen atoms in total. The molecule has 4 aromatic rings. The van der Waals surface area contributed by atoms with Crippen LogP contribution in [0.3, 0.4) is 0 Å². The van der Waals surface area contributed by atoms with Crippen molar-refractivity contribution in [3.8, 4) is 0 Å². The third-order valence-electron chi connectivity index (χ3n) is 5.64. The smallest absolute Gasteiger partial charge is 0.145 e. The van der Waals surface area contributed by atoms with Crippen molar-refractivity contribution in [3.63, 3.8) is 0 Å². The average Bonchev–Trinajstić information content (AvgIpc) is 3.21. The van der Waals surface area contributed by atoms with Crippen LogP contribution in [0, 0.1) is 0 Å². The zero-order chi connectivity index (χ0) is 22.7. The van der Waals surface area contributed by atoms with Crippen molar-refractivity contribution in [2.45, 2.75) is 26.7 Å². The predicted octanol–water partition coefficient (Wildman–Crippen LogP) is 5.61. The maximum Gasteiger partial charge on any atom is 0.145 e. The highest BCUT2D eigenvalue weighted by Crippen LogP contribution is 2.39. The number of aromatic nitrogens is 3. The molecule has 0 fully saturated rings. The van der Waals surface area contributed by atoms with E-state index in [1.54, 1.807) is 6.20 Å². The fourth-order valence-electron chi connectivity index (χ4n) is 4.09. The molecule has 1 aliphatic rings. The third kappa shape index (κ3) is 3.83. The normalized spacial score (nSPS) is 12.8. The summed E-state index contributed by atoms with van der Waals surface area (Å²) in [5.74, 6) is 0.411. The second-order valence-electron chi connectivity index (χ2n) is 7.57. The van der Waals surface area contributed by atoms with E-state index < -0.39 is 0 Å². The molecular formula is C26H28N6. The highest BCUT2D eigenvalue weighted by Gasteiger charge is 2.23. The Labute approximate surface area is 188 Å². The molecule has 0 amide bonds. The Morgan fingerprint density at radius 2 is 1.75 bits per heavy atom. The van der Waals surface area contributed by atoms with Gasteiger partial charge < -0.3 is 21.4 Å². The van der Waals surface area contributed by atoms with Gasteiger partial charge in [0.25, 0.3) is 0 Å². The summed E-state index contributed by atoms with van der Waals surface area (Å²) < 4.78 is 0. The minimum atomic E-state index is 0.411. The number of fused-ring (bicyclic) bond motifs is 2. The van der Waals surface area contributed by atoms with Crippen LogP contribution in [-0.4, -0.2) is 15.0 Å². The van der Waals surface area contributed by atoms with E-state index in [9.17, 15) is 0 Å². The molecule has 162 valence electrons. The number of rotatable bonds is 3. The summed E-state index contributed by atoms with van der Waals surface area (Å²) in [5, 5.41) is 0.701. The van der Waals surface area contributed by atoms with Gasteiger partial charge >= 0.3 is 0 Å². The maximum absolute atomic E-state index is 5.59. The Hall–Kier alpha value is -4.06. The van der Waals surface area contributed by atoms with Gasteiger partial charge in [-0.3, -0.25) is 0 Å². The van der Waals surface area contributed by atoms with Crippen molar-refractivity contribution in [2.75, 3.05) is 16.4 Å². The van der Waals surface area contributed by atoms with E-state index in [1.165, 1.54) is 34.4 Å². The molecule has 5 N–H and O–H groups in total. The highest BCUT2D eigenvalue weighted by molar-refractivity contribution is 5.96. The molecule has 0 aliphatic carbocycles. The number of aromatic amines is 1. The van der Waals surface area contributed by atoms with Crippen LogP contribution in [0.15, 0.2) is 73.3 Å². The first-order chi connectivity index (χ1) is 15.5. The Balaban J connectivity index is 0.000000186. The van der Waals surface area contributed by atoms with Crippen LogP contribution in [0.4, 0.5) is 17.2 Å². The molecule has 0 saturated heterocycles. The van der Waals surface area contributed by atoms with Crippen LogP contribution >= 0.6 is 0 Å². The molecule has 2 aromatic heterocycles. The van der Waals surface area contributed by atoms with Gasteiger partial charge in [-0.25, -0.2) is 9.97 Å². The first-order valence-corrected chi connectivity index (χ1v) is 10.7. The quantitative estimate of drug-likeness (QED) is 0.397. The SMILES string of the molecule is C=C1c2c(cccc2CC)C=C(CC)N1c1ccccc1.Nc1c[nH]c2ncnc(N)c12. The number of allylic oxidation sites excluding steroid dienone is 1. The number of nitrogens with zero attached hydrogens (tertiary/aromatic N) is 3. The number of aryl methyl sites for hydroxylation is 1. The molecule has 3 heterocycles. The van der Waals surface area contributed by atoms with Gasteiger partial charge in [0.15, 0.2) is 0 Å². The number of anilines is 3. The molecular weight excluding hydrogens is 396 g/mol. The summed E-state index contributed by atoms with van der Waals surface area (Å²) in [6, 6.07) is 17.1. The standard InChI is InChI=1S/C20H21N.C6H7N5/c1-4-16-10-9-11-17-14-18(5-2)21(15(3)20(16)17)19-12-7-6-8-13-19;7-3-1-9-6-4(3)5(8)10-2-11-6/h6-14H,3-5H2,1-2H3;1-2H,7H2,(H3,8,9,10,11). The van der Waals surface area contributed by atoms with Gasteiger partial charge in [-0.15, -0.1) is 0 Å². The second kappa shape index (κ2) is 8.98. The van der Waals surface area contributed by atoms with E-state index >= 15 is 0 Å². The number of nitrogens with two attached hydrogens (primary N) is 2. The molecule has 0 radical (unpaired) electrons. The van der Waals surface area contributed by atoms with E-state index in [1.807, 2.05) is 0 Å². The van der Waals surface area contributed by atoms with Crippen molar-refractivity contribution >= 4 is 40.0 Å². The minimum absolute atomic E-state index is 0.411. The number of H-pyrrole nitrogens is 1. The largest absolute Gasteiger partial charge is 0.397 e. The van der Waals surface area contributed by atoms with E-state index in [4.69, 9.17) is 11.5 Å². The summed E-state index contributed by atoms with van der Waals surface area (Å²) in [6.45, 7) is 8.81. The van der Waals surface area contributed by atoms with Crippen molar-refractivity contribution in [1.82, 2.24) is 15.0 Å². The number of hydrogen-bond acceptors (Lipinski definition) is 5. The van der Waals surface area contributed by atoms with Gasteiger partial charge in [-0.05, 0) is 42.2 Å². The molecule has 32 heavy (non-hydrogen) atoms. The Kier molecular flexibility index (Phi) is 5.94. The fraction of sp³-hybridized carbons (Fsp3) is 0.154. The number of para-hydroxylation sites is 1. The number of hydrogen-bond donors (Lipinski definition) is 3. The first-order valence-electron chi connectivity index (χ1n) is 10.7. The van der Waals surface area contributed by atoms with Crippen molar-refractivity contribution in [3.05, 3.63) is 90.0 Å². The fourth-order valence-corrected chi connectivity index (χ4v) is 4.09. The number of nitrogens with one attached hydrogen (secondary N) is 1. The van der Waals surface area contributed by atoms with Crippen LogP contribution in [0.5, 0.6) is 0 Å². The van der Waals surface area contributed by atoms with Crippen LogP contribution in [0.2, 0.25) is 0 Å². The Bertz CT molecular complexity index is 1290. The van der Waals surface area contributed by atoms with Crippen molar-refractivity contribution in [1.29, 1.82) is 0 Å². The van der Waals surface area contributed by atoms with Crippen LogP contribution in [0.25, 0.3) is 22.8 Å². The van der Waals surface area contributed by atoms with Gasteiger partial charge in [-0.2, -0.15) is 0 Å². The molecule has 2 aromatic carbocycles. The van der Waals surface area contributed by atoms with E-state index in [2.05, 4.69) is 94.9 Å². The van der Waals surface area contributed by atoms with Gasteiger partial charge in [0.05, 0.1) is 11.1 Å². The van der Waals surface area contributed by atoms with E-state index in [0.717, 1.165) is 18.5 Å². The second-order valence-corrected chi connectivity index (χ2v) is 7.57. The molecule has 6 heteroatoms. The summed E-state index contributed by atoms with van der Waals surface area (Å²) in [7, 11) is 0. The summed E-state index contributed by atoms with van der Waals surface area (Å²) in [4.78, 5) is 12.9. The average molecular weight is 425 g/mol. The molecule has 0 bridgehead atoms.